The van der Waals surface area contributed by atoms with E-state index in [1.54, 1.807) is 24.4 Å². The predicted octanol–water partition coefficient (Wildman–Crippen LogP) is 5.00. The molecule has 0 atom stereocenters. The summed E-state index contributed by atoms with van der Waals surface area (Å²) in [6.45, 7) is 0. The number of carboxylic acids is 1. The van der Waals surface area contributed by atoms with Gasteiger partial charge >= 0.3 is 5.97 Å². The molecule has 0 saturated carbocycles. The van der Waals surface area contributed by atoms with Gasteiger partial charge in [-0.15, -0.1) is 0 Å². The lowest BCUT2D eigenvalue weighted by molar-refractivity contribution is 0.0692. The fourth-order valence-corrected chi connectivity index (χ4v) is 2.91. The molecule has 2 rings (SSSR count). The van der Waals surface area contributed by atoms with Crippen LogP contribution in [0, 0.1) is 0 Å². The van der Waals surface area contributed by atoms with Crippen LogP contribution in [-0.4, -0.2) is 16.1 Å². The van der Waals surface area contributed by atoms with Gasteiger partial charge in [-0.05, 0) is 40.2 Å². The summed E-state index contributed by atoms with van der Waals surface area (Å²) in [5.41, 5.74) is 0.130. The van der Waals surface area contributed by atoms with Crippen molar-refractivity contribution in [2.75, 3.05) is 0 Å². The Balaban J connectivity index is 2.37. The Morgan fingerprint density at radius 2 is 2.00 bits per heavy atom. The molecule has 0 spiro atoms. The number of nitrogens with zero attached hydrogens (tertiary/aromatic N) is 1. The van der Waals surface area contributed by atoms with Gasteiger partial charge in [-0.1, -0.05) is 35.0 Å². The molecular formula is C12H6BrCl2NO2S. The molecule has 0 amide bonds. The largest absolute Gasteiger partial charge is 0.478 e. The maximum absolute atomic E-state index is 11.2. The third kappa shape index (κ3) is 3.63. The number of aromatic carboxylic acids is 1. The average Bonchev–Trinajstić information content (AvgIpc) is 2.36. The molecule has 3 nitrogen and oxygen atoms in total. The van der Waals surface area contributed by atoms with Crippen LogP contribution in [0.2, 0.25) is 10.0 Å². The first-order valence-corrected chi connectivity index (χ1v) is 7.35. The molecule has 0 aliphatic heterocycles. The van der Waals surface area contributed by atoms with Crippen LogP contribution in [0.5, 0.6) is 0 Å². The van der Waals surface area contributed by atoms with E-state index in [0.29, 0.717) is 19.5 Å². The number of pyridine rings is 1. The Bertz CT molecular complexity index is 652. The number of hydrogen-bond acceptors (Lipinski definition) is 3. The summed E-state index contributed by atoms with van der Waals surface area (Å²) >= 11 is 16.2. The van der Waals surface area contributed by atoms with Crippen LogP contribution in [0.1, 0.15) is 10.4 Å². The van der Waals surface area contributed by atoms with Crippen LogP contribution in [-0.2, 0) is 0 Å². The van der Waals surface area contributed by atoms with Crippen molar-refractivity contribution >= 4 is 56.9 Å². The standard InChI is InChI=1S/C12H6BrCl2NO2S/c13-6-3-8(12(17)18)11(16-5-6)19-7-1-2-9(14)10(15)4-7/h1-5H,(H,17,18). The Morgan fingerprint density at radius 3 is 2.63 bits per heavy atom. The summed E-state index contributed by atoms with van der Waals surface area (Å²) in [5, 5.41) is 10.4. The van der Waals surface area contributed by atoms with E-state index in [4.69, 9.17) is 28.3 Å². The Kier molecular flexibility index (Phi) is 4.73. The van der Waals surface area contributed by atoms with Crippen LogP contribution in [0.25, 0.3) is 0 Å². The van der Waals surface area contributed by atoms with Crippen LogP contribution in [0.4, 0.5) is 0 Å². The number of halogens is 3. The van der Waals surface area contributed by atoms with Crippen molar-refractivity contribution in [3.8, 4) is 0 Å². The highest BCUT2D eigenvalue weighted by Gasteiger charge is 2.14. The summed E-state index contributed by atoms with van der Waals surface area (Å²) in [4.78, 5) is 16.0. The number of hydrogen-bond donors (Lipinski definition) is 1. The maximum atomic E-state index is 11.2. The minimum atomic E-state index is -1.03. The first-order chi connectivity index (χ1) is 8.97. The highest BCUT2D eigenvalue weighted by Crippen LogP contribution is 2.33. The highest BCUT2D eigenvalue weighted by molar-refractivity contribution is 9.10. The zero-order chi connectivity index (χ0) is 14.0. The minimum Gasteiger partial charge on any atom is -0.478 e. The topological polar surface area (TPSA) is 50.2 Å². The molecule has 19 heavy (non-hydrogen) atoms. The van der Waals surface area contributed by atoms with Gasteiger partial charge in [0.1, 0.15) is 5.03 Å². The SMILES string of the molecule is O=C(O)c1cc(Br)cnc1Sc1ccc(Cl)c(Cl)c1. The second kappa shape index (κ2) is 6.13. The third-order valence-electron chi connectivity index (χ3n) is 2.15. The van der Waals surface area contributed by atoms with E-state index >= 15 is 0 Å². The van der Waals surface area contributed by atoms with Crippen LogP contribution in [0.15, 0.2) is 44.9 Å². The molecule has 0 radical (unpaired) electrons. The van der Waals surface area contributed by atoms with Gasteiger partial charge in [-0.25, -0.2) is 9.78 Å². The lowest BCUT2D eigenvalue weighted by Crippen LogP contribution is -2.00. The van der Waals surface area contributed by atoms with Gasteiger partial charge in [-0.2, -0.15) is 0 Å². The second-order valence-corrected chi connectivity index (χ2v) is 6.28. The molecule has 1 aromatic heterocycles. The molecular weight excluding hydrogens is 373 g/mol. The number of carboxylic acid groups (broad SMARTS) is 1. The Hall–Kier alpha value is -0.750. The Morgan fingerprint density at radius 1 is 1.26 bits per heavy atom. The van der Waals surface area contributed by atoms with Crippen molar-refractivity contribution in [2.45, 2.75) is 9.92 Å². The third-order valence-corrected chi connectivity index (χ3v) is 4.33. The maximum Gasteiger partial charge on any atom is 0.338 e. The molecule has 0 saturated heterocycles. The van der Waals surface area contributed by atoms with Crippen LogP contribution < -0.4 is 0 Å². The van der Waals surface area contributed by atoms with Crippen molar-refractivity contribution in [3.05, 3.63) is 50.5 Å². The van der Waals surface area contributed by atoms with E-state index in [0.717, 1.165) is 4.90 Å². The quantitative estimate of drug-likeness (QED) is 0.816. The molecule has 7 heteroatoms. The first-order valence-electron chi connectivity index (χ1n) is 4.99. The van der Waals surface area contributed by atoms with E-state index in [-0.39, 0.29) is 5.56 Å². The molecule has 0 unspecified atom stereocenters. The zero-order valence-corrected chi connectivity index (χ0v) is 13.1. The summed E-state index contributed by atoms with van der Waals surface area (Å²) in [7, 11) is 0. The minimum absolute atomic E-state index is 0.130. The van der Waals surface area contributed by atoms with Gasteiger partial charge in [-0.3, -0.25) is 0 Å². The van der Waals surface area contributed by atoms with Gasteiger partial charge in [0.15, 0.2) is 0 Å². The van der Waals surface area contributed by atoms with Crippen molar-refractivity contribution in [1.29, 1.82) is 0 Å². The van der Waals surface area contributed by atoms with Gasteiger partial charge < -0.3 is 5.11 Å². The van der Waals surface area contributed by atoms with Crippen LogP contribution in [0.3, 0.4) is 0 Å². The van der Waals surface area contributed by atoms with Crippen molar-refractivity contribution in [2.24, 2.45) is 0 Å². The summed E-state index contributed by atoms with van der Waals surface area (Å²) in [5.74, 6) is -1.03. The summed E-state index contributed by atoms with van der Waals surface area (Å²) < 4.78 is 0.614. The molecule has 1 N–H and O–H groups in total. The molecule has 2 aromatic rings. The van der Waals surface area contributed by atoms with Crippen molar-refractivity contribution < 1.29 is 9.90 Å². The van der Waals surface area contributed by atoms with Gasteiger partial charge in [0.25, 0.3) is 0 Å². The van der Waals surface area contributed by atoms with Gasteiger partial charge in [0.05, 0.1) is 15.6 Å². The fourth-order valence-electron chi connectivity index (χ4n) is 1.31. The lowest BCUT2D eigenvalue weighted by atomic mass is 10.3. The van der Waals surface area contributed by atoms with Gasteiger partial charge in [0.2, 0.25) is 0 Å². The number of benzene rings is 1. The number of carbonyl (C=O) groups is 1. The molecule has 98 valence electrons. The molecule has 1 heterocycles. The monoisotopic (exact) mass is 377 g/mol. The predicted molar refractivity (Wildman–Crippen MR) is 79.5 cm³/mol. The molecule has 1 aromatic carbocycles. The first kappa shape index (κ1) is 14.7. The van der Waals surface area contributed by atoms with Gasteiger partial charge in [0, 0.05) is 15.6 Å². The second-order valence-electron chi connectivity index (χ2n) is 3.49. The summed E-state index contributed by atoms with van der Waals surface area (Å²) in [6.07, 6.45) is 1.55. The lowest BCUT2D eigenvalue weighted by Gasteiger charge is -2.06. The smallest absolute Gasteiger partial charge is 0.338 e. The Labute approximate surface area is 132 Å². The highest BCUT2D eigenvalue weighted by atomic mass is 79.9. The van der Waals surface area contributed by atoms with Crippen molar-refractivity contribution in [3.63, 3.8) is 0 Å². The van der Waals surface area contributed by atoms with E-state index < -0.39 is 5.97 Å². The molecule has 0 bridgehead atoms. The van der Waals surface area contributed by atoms with Crippen LogP contribution >= 0.6 is 50.9 Å². The molecule has 0 fully saturated rings. The number of rotatable bonds is 3. The average molecular weight is 379 g/mol. The molecule has 0 aliphatic rings. The molecule has 0 aliphatic carbocycles. The fraction of sp³-hybridized carbons (Fsp3) is 0. The van der Waals surface area contributed by atoms with E-state index in [9.17, 15) is 4.79 Å². The number of aromatic nitrogens is 1. The normalized spacial score (nSPS) is 10.5. The van der Waals surface area contributed by atoms with Crippen molar-refractivity contribution in [1.82, 2.24) is 4.98 Å². The van der Waals surface area contributed by atoms with E-state index in [1.165, 1.54) is 17.8 Å². The summed E-state index contributed by atoms with van der Waals surface area (Å²) in [6, 6.07) is 6.60. The zero-order valence-electron chi connectivity index (χ0n) is 9.23. The van der Waals surface area contributed by atoms with E-state index in [2.05, 4.69) is 20.9 Å². The van der Waals surface area contributed by atoms with E-state index in [1.807, 2.05) is 0 Å².